The van der Waals surface area contributed by atoms with Gasteiger partial charge in [0, 0.05) is 23.8 Å². The Morgan fingerprint density at radius 3 is 2.18 bits per heavy atom. The molecule has 2 amide bonds. The van der Waals surface area contributed by atoms with Crippen LogP contribution >= 0.6 is 11.6 Å². The minimum absolute atomic E-state index is 0.309. The van der Waals surface area contributed by atoms with Crippen molar-refractivity contribution in [3.8, 4) is 0 Å². The second kappa shape index (κ2) is 8.18. The van der Waals surface area contributed by atoms with Gasteiger partial charge in [0.05, 0.1) is 0 Å². The van der Waals surface area contributed by atoms with Crippen molar-refractivity contribution in [1.29, 1.82) is 0 Å². The van der Waals surface area contributed by atoms with Gasteiger partial charge in [0.15, 0.2) is 0 Å². The number of nitrogens with zero attached hydrogens (tertiary/aromatic N) is 1. The van der Waals surface area contributed by atoms with Crippen molar-refractivity contribution in [3.63, 3.8) is 0 Å². The van der Waals surface area contributed by atoms with Gasteiger partial charge in [-0.15, -0.1) is 0 Å². The number of benzene rings is 1. The standard InChI is InChI=1S/C17H25ClN2O2/c1-11(2)9-20(10-12(3)4)17(22)16(21)19-15-8-14(18)7-6-13(15)5/h6-8,11-12H,9-10H2,1-5H3,(H,19,21). The number of halogens is 1. The molecule has 0 unspecified atom stereocenters. The number of carbonyl (C=O) groups is 2. The molecule has 5 heteroatoms. The highest BCUT2D eigenvalue weighted by molar-refractivity contribution is 6.39. The van der Waals surface area contributed by atoms with Crippen molar-refractivity contribution in [3.05, 3.63) is 28.8 Å². The van der Waals surface area contributed by atoms with E-state index in [9.17, 15) is 9.59 Å². The average Bonchev–Trinajstić information content (AvgIpc) is 2.40. The highest BCUT2D eigenvalue weighted by atomic mass is 35.5. The molecule has 0 bridgehead atoms. The third-order valence-corrected chi connectivity index (χ3v) is 3.34. The first kappa shape index (κ1) is 18.5. The van der Waals surface area contributed by atoms with Crippen LogP contribution in [0.3, 0.4) is 0 Å². The summed E-state index contributed by atoms with van der Waals surface area (Å²) < 4.78 is 0. The van der Waals surface area contributed by atoms with Crippen molar-refractivity contribution >= 4 is 29.1 Å². The molecule has 1 aromatic carbocycles. The highest BCUT2D eigenvalue weighted by Crippen LogP contribution is 2.20. The summed E-state index contributed by atoms with van der Waals surface area (Å²) in [5.74, 6) is -0.500. The van der Waals surface area contributed by atoms with Gasteiger partial charge >= 0.3 is 11.8 Å². The van der Waals surface area contributed by atoms with Gasteiger partial charge < -0.3 is 10.2 Å². The maximum atomic E-state index is 12.4. The molecule has 22 heavy (non-hydrogen) atoms. The summed E-state index contributed by atoms with van der Waals surface area (Å²) in [6, 6.07) is 5.21. The second-order valence-corrected chi connectivity index (χ2v) is 6.85. The molecule has 0 fully saturated rings. The van der Waals surface area contributed by atoms with E-state index < -0.39 is 11.8 Å². The Bertz CT molecular complexity index is 531. The lowest BCUT2D eigenvalue weighted by Crippen LogP contribution is -2.43. The normalized spacial score (nSPS) is 10.9. The highest BCUT2D eigenvalue weighted by Gasteiger charge is 2.23. The molecule has 0 radical (unpaired) electrons. The zero-order valence-corrected chi connectivity index (χ0v) is 14.7. The predicted molar refractivity (Wildman–Crippen MR) is 91.1 cm³/mol. The molecule has 1 rings (SSSR count). The number of rotatable bonds is 5. The number of hydrogen-bond donors (Lipinski definition) is 1. The third kappa shape index (κ3) is 5.68. The van der Waals surface area contributed by atoms with E-state index in [-0.39, 0.29) is 0 Å². The van der Waals surface area contributed by atoms with Crippen LogP contribution in [0.4, 0.5) is 5.69 Å². The van der Waals surface area contributed by atoms with E-state index in [1.807, 2.05) is 40.7 Å². The molecule has 4 nitrogen and oxygen atoms in total. The average molecular weight is 325 g/mol. The van der Waals surface area contributed by atoms with Gasteiger partial charge in [-0.25, -0.2) is 0 Å². The monoisotopic (exact) mass is 324 g/mol. The molecule has 1 aromatic rings. The Morgan fingerprint density at radius 1 is 1.14 bits per heavy atom. The molecule has 1 N–H and O–H groups in total. The summed E-state index contributed by atoms with van der Waals surface area (Å²) >= 11 is 5.93. The topological polar surface area (TPSA) is 49.4 Å². The molecule has 0 aliphatic heterocycles. The molecule has 0 saturated carbocycles. The molecule has 0 aliphatic rings. The van der Waals surface area contributed by atoms with Crippen LogP contribution in [0.5, 0.6) is 0 Å². The van der Waals surface area contributed by atoms with E-state index in [0.29, 0.717) is 35.6 Å². The van der Waals surface area contributed by atoms with Gasteiger partial charge in [-0.2, -0.15) is 0 Å². The Kier molecular flexibility index (Phi) is 6.88. The minimum atomic E-state index is -0.619. The van der Waals surface area contributed by atoms with Crippen LogP contribution in [0.1, 0.15) is 33.3 Å². The fraction of sp³-hybridized carbons (Fsp3) is 0.529. The van der Waals surface area contributed by atoms with E-state index >= 15 is 0 Å². The third-order valence-electron chi connectivity index (χ3n) is 3.10. The summed E-state index contributed by atoms with van der Waals surface area (Å²) in [6.45, 7) is 11.1. The summed E-state index contributed by atoms with van der Waals surface area (Å²) in [5.41, 5.74) is 1.43. The maximum Gasteiger partial charge on any atom is 0.313 e. The number of amides is 2. The maximum absolute atomic E-state index is 12.4. The first-order valence-electron chi connectivity index (χ1n) is 7.57. The molecule has 0 aliphatic carbocycles. The van der Waals surface area contributed by atoms with Crippen LogP contribution in [-0.4, -0.2) is 29.8 Å². The fourth-order valence-electron chi connectivity index (χ4n) is 2.17. The van der Waals surface area contributed by atoms with Gasteiger partial charge in [-0.1, -0.05) is 45.4 Å². The zero-order chi connectivity index (χ0) is 16.9. The minimum Gasteiger partial charge on any atom is -0.334 e. The molecule has 0 atom stereocenters. The number of hydrogen-bond acceptors (Lipinski definition) is 2. The summed E-state index contributed by atoms with van der Waals surface area (Å²) in [6.07, 6.45) is 0. The summed E-state index contributed by atoms with van der Waals surface area (Å²) in [4.78, 5) is 26.2. The van der Waals surface area contributed by atoms with Crippen LogP contribution in [-0.2, 0) is 9.59 Å². The number of aryl methyl sites for hydroxylation is 1. The SMILES string of the molecule is Cc1ccc(Cl)cc1NC(=O)C(=O)N(CC(C)C)CC(C)C. The summed E-state index contributed by atoms with van der Waals surface area (Å²) in [7, 11) is 0. The van der Waals surface area contributed by atoms with Crippen LogP contribution < -0.4 is 5.32 Å². The number of anilines is 1. The van der Waals surface area contributed by atoms with Crippen molar-refractivity contribution in [2.75, 3.05) is 18.4 Å². The van der Waals surface area contributed by atoms with E-state index in [0.717, 1.165) is 5.56 Å². The predicted octanol–water partition coefficient (Wildman–Crippen LogP) is 3.73. The molecule has 0 spiro atoms. The Labute approximate surface area is 137 Å². The van der Waals surface area contributed by atoms with Crippen LogP contribution in [0, 0.1) is 18.8 Å². The number of nitrogens with one attached hydrogen (secondary N) is 1. The largest absolute Gasteiger partial charge is 0.334 e. The molecule has 0 aromatic heterocycles. The van der Waals surface area contributed by atoms with Crippen LogP contribution in [0.2, 0.25) is 5.02 Å². The molecule has 0 saturated heterocycles. The Morgan fingerprint density at radius 2 is 1.68 bits per heavy atom. The van der Waals surface area contributed by atoms with Crippen LogP contribution in [0.25, 0.3) is 0 Å². The first-order valence-corrected chi connectivity index (χ1v) is 7.95. The van der Waals surface area contributed by atoms with Crippen molar-refractivity contribution < 1.29 is 9.59 Å². The van der Waals surface area contributed by atoms with Gasteiger partial charge in [0.1, 0.15) is 0 Å². The van der Waals surface area contributed by atoms with Crippen molar-refractivity contribution in [2.45, 2.75) is 34.6 Å². The summed E-state index contributed by atoms with van der Waals surface area (Å²) in [5, 5.41) is 3.19. The first-order chi connectivity index (χ1) is 10.2. The molecular weight excluding hydrogens is 300 g/mol. The van der Waals surface area contributed by atoms with Gasteiger partial charge in [-0.05, 0) is 36.5 Å². The molecular formula is C17H25ClN2O2. The molecule has 122 valence electrons. The van der Waals surface area contributed by atoms with Gasteiger partial charge in [0.25, 0.3) is 0 Å². The lowest BCUT2D eigenvalue weighted by molar-refractivity contribution is -0.143. The Hall–Kier alpha value is -1.55. The van der Waals surface area contributed by atoms with E-state index in [1.165, 1.54) is 0 Å². The van der Waals surface area contributed by atoms with Crippen molar-refractivity contribution in [2.24, 2.45) is 11.8 Å². The lowest BCUT2D eigenvalue weighted by atomic mass is 10.1. The van der Waals surface area contributed by atoms with E-state index in [2.05, 4.69) is 5.32 Å². The smallest absolute Gasteiger partial charge is 0.313 e. The van der Waals surface area contributed by atoms with Crippen molar-refractivity contribution in [1.82, 2.24) is 4.90 Å². The van der Waals surface area contributed by atoms with Crippen LogP contribution in [0.15, 0.2) is 18.2 Å². The van der Waals surface area contributed by atoms with Gasteiger partial charge in [-0.3, -0.25) is 9.59 Å². The number of carbonyl (C=O) groups excluding carboxylic acids is 2. The van der Waals surface area contributed by atoms with Gasteiger partial charge in [0.2, 0.25) is 0 Å². The lowest BCUT2D eigenvalue weighted by Gasteiger charge is -2.25. The second-order valence-electron chi connectivity index (χ2n) is 6.41. The Balaban J connectivity index is 2.84. The molecule has 0 heterocycles. The van der Waals surface area contributed by atoms with E-state index in [1.54, 1.807) is 17.0 Å². The zero-order valence-electron chi connectivity index (χ0n) is 13.9. The quantitative estimate of drug-likeness (QED) is 0.839. The van der Waals surface area contributed by atoms with E-state index in [4.69, 9.17) is 11.6 Å². The fourth-order valence-corrected chi connectivity index (χ4v) is 2.34.